The molecule has 1 atom stereocenters. The van der Waals surface area contributed by atoms with E-state index in [1.807, 2.05) is 0 Å². The van der Waals surface area contributed by atoms with Gasteiger partial charge in [0.25, 0.3) is 5.91 Å². The first-order valence-corrected chi connectivity index (χ1v) is 4.89. The van der Waals surface area contributed by atoms with E-state index in [4.69, 9.17) is 10.5 Å². The number of nitrogens with two attached hydrogens (primary N) is 1. The Balaban J connectivity index is 2.45. The van der Waals surface area contributed by atoms with Gasteiger partial charge in [0, 0.05) is 32.8 Å². The summed E-state index contributed by atoms with van der Waals surface area (Å²) < 4.78 is 5.19. The molecule has 0 aromatic rings. The number of likely N-dealkylation sites (N-methyl/N-ethyl adjacent to an activating group) is 1. The van der Waals surface area contributed by atoms with Gasteiger partial charge in [0.15, 0.2) is 0 Å². The van der Waals surface area contributed by atoms with E-state index in [1.165, 1.54) is 0 Å². The maximum absolute atomic E-state index is 11.5. The average molecular weight is 202 g/mol. The highest BCUT2D eigenvalue weighted by molar-refractivity contribution is 5.80. The minimum absolute atomic E-state index is 0.0214. The minimum Gasteiger partial charge on any atom is -0.382 e. The SMILES string of the molecule is CN(C(=O)C(O)CN)C1CCOCC1. The largest absolute Gasteiger partial charge is 0.382 e. The van der Waals surface area contributed by atoms with E-state index in [0.29, 0.717) is 13.2 Å². The molecule has 0 aromatic carbocycles. The monoisotopic (exact) mass is 202 g/mol. The molecule has 0 aromatic heterocycles. The molecule has 1 aliphatic heterocycles. The van der Waals surface area contributed by atoms with Crippen LogP contribution in [0, 0.1) is 0 Å². The topological polar surface area (TPSA) is 75.8 Å². The number of carbonyl (C=O) groups excluding carboxylic acids is 1. The normalized spacial score (nSPS) is 20.5. The average Bonchev–Trinajstić information content (AvgIpc) is 2.27. The number of rotatable bonds is 3. The molecule has 1 saturated heterocycles. The zero-order valence-corrected chi connectivity index (χ0v) is 8.48. The van der Waals surface area contributed by atoms with Gasteiger partial charge in [-0.2, -0.15) is 0 Å². The summed E-state index contributed by atoms with van der Waals surface area (Å²) in [6.07, 6.45) is 0.599. The fourth-order valence-corrected chi connectivity index (χ4v) is 1.59. The van der Waals surface area contributed by atoms with Gasteiger partial charge >= 0.3 is 0 Å². The molecule has 0 bridgehead atoms. The van der Waals surface area contributed by atoms with Gasteiger partial charge in [-0.1, -0.05) is 0 Å². The summed E-state index contributed by atoms with van der Waals surface area (Å²) in [5.74, 6) is -0.292. The van der Waals surface area contributed by atoms with Gasteiger partial charge in [-0.15, -0.1) is 0 Å². The lowest BCUT2D eigenvalue weighted by molar-refractivity contribution is -0.142. The van der Waals surface area contributed by atoms with Crippen LogP contribution < -0.4 is 5.73 Å². The van der Waals surface area contributed by atoms with E-state index in [2.05, 4.69) is 0 Å². The van der Waals surface area contributed by atoms with Gasteiger partial charge in [-0.25, -0.2) is 0 Å². The van der Waals surface area contributed by atoms with Crippen LogP contribution in [-0.2, 0) is 9.53 Å². The number of aliphatic hydroxyl groups excluding tert-OH is 1. The number of amides is 1. The molecule has 1 fully saturated rings. The van der Waals surface area contributed by atoms with Crippen LogP contribution in [0.3, 0.4) is 0 Å². The van der Waals surface area contributed by atoms with Crippen molar-refractivity contribution in [3.05, 3.63) is 0 Å². The maximum Gasteiger partial charge on any atom is 0.252 e. The summed E-state index contributed by atoms with van der Waals surface area (Å²) in [7, 11) is 1.71. The lowest BCUT2D eigenvalue weighted by Gasteiger charge is -2.32. The molecule has 1 amide bonds. The van der Waals surface area contributed by atoms with Crippen molar-refractivity contribution < 1.29 is 14.6 Å². The number of hydrogen-bond donors (Lipinski definition) is 2. The van der Waals surface area contributed by atoms with Crippen LogP contribution in [0.4, 0.5) is 0 Å². The number of hydrogen-bond acceptors (Lipinski definition) is 4. The smallest absolute Gasteiger partial charge is 0.252 e. The molecule has 1 heterocycles. The zero-order chi connectivity index (χ0) is 10.6. The van der Waals surface area contributed by atoms with E-state index in [9.17, 15) is 9.90 Å². The summed E-state index contributed by atoms with van der Waals surface area (Å²) in [6.45, 7) is 1.34. The van der Waals surface area contributed by atoms with E-state index in [0.717, 1.165) is 12.8 Å². The lowest BCUT2D eigenvalue weighted by atomic mass is 10.1. The summed E-state index contributed by atoms with van der Waals surface area (Å²) in [6, 6.07) is 0.178. The molecule has 0 saturated carbocycles. The Morgan fingerprint density at radius 1 is 1.64 bits per heavy atom. The maximum atomic E-state index is 11.5. The molecular formula is C9H18N2O3. The molecule has 5 heteroatoms. The Labute approximate surface area is 83.8 Å². The third-order valence-corrected chi connectivity index (χ3v) is 2.59. The molecule has 0 radical (unpaired) electrons. The van der Waals surface area contributed by atoms with Crippen molar-refractivity contribution in [2.45, 2.75) is 25.0 Å². The Morgan fingerprint density at radius 3 is 2.71 bits per heavy atom. The van der Waals surface area contributed by atoms with Crippen LogP contribution in [0.15, 0.2) is 0 Å². The zero-order valence-electron chi connectivity index (χ0n) is 8.48. The van der Waals surface area contributed by atoms with Gasteiger partial charge < -0.3 is 20.5 Å². The van der Waals surface area contributed by atoms with Crippen LogP contribution >= 0.6 is 0 Å². The van der Waals surface area contributed by atoms with Crippen molar-refractivity contribution in [1.82, 2.24) is 4.90 Å². The third-order valence-electron chi connectivity index (χ3n) is 2.59. The molecule has 0 spiro atoms. The summed E-state index contributed by atoms with van der Waals surface area (Å²) in [4.78, 5) is 13.1. The summed E-state index contributed by atoms with van der Waals surface area (Å²) >= 11 is 0. The Bertz CT molecular complexity index is 192. The lowest BCUT2D eigenvalue weighted by Crippen LogP contribution is -2.47. The second-order valence-corrected chi connectivity index (χ2v) is 3.54. The minimum atomic E-state index is -1.07. The van der Waals surface area contributed by atoms with Crippen molar-refractivity contribution in [3.8, 4) is 0 Å². The molecule has 14 heavy (non-hydrogen) atoms. The number of nitrogens with zero attached hydrogens (tertiary/aromatic N) is 1. The first kappa shape index (κ1) is 11.4. The van der Waals surface area contributed by atoms with Crippen molar-refractivity contribution in [2.24, 2.45) is 5.73 Å². The molecule has 1 aliphatic rings. The van der Waals surface area contributed by atoms with Crippen LogP contribution in [0.25, 0.3) is 0 Å². The quantitative estimate of drug-likeness (QED) is 0.612. The second kappa shape index (κ2) is 5.29. The highest BCUT2D eigenvalue weighted by Gasteiger charge is 2.25. The standard InChI is InChI=1S/C9H18N2O3/c1-11(9(13)8(12)6-10)7-2-4-14-5-3-7/h7-8,12H,2-6,10H2,1H3. The molecule has 5 nitrogen and oxygen atoms in total. The summed E-state index contributed by atoms with van der Waals surface area (Å²) in [5.41, 5.74) is 5.22. The van der Waals surface area contributed by atoms with E-state index in [1.54, 1.807) is 11.9 Å². The third kappa shape index (κ3) is 2.67. The van der Waals surface area contributed by atoms with Gasteiger partial charge in [0.05, 0.1) is 0 Å². The highest BCUT2D eigenvalue weighted by atomic mass is 16.5. The molecule has 3 N–H and O–H groups in total. The Hall–Kier alpha value is -0.650. The van der Waals surface area contributed by atoms with E-state index >= 15 is 0 Å². The first-order valence-electron chi connectivity index (χ1n) is 4.89. The van der Waals surface area contributed by atoms with Gasteiger partial charge in [-0.05, 0) is 12.8 Å². The predicted octanol–water partition coefficient (Wildman–Crippen LogP) is -1.06. The molecular weight excluding hydrogens is 184 g/mol. The Morgan fingerprint density at radius 2 is 2.21 bits per heavy atom. The molecule has 0 aliphatic carbocycles. The van der Waals surface area contributed by atoms with Gasteiger partial charge in [0.2, 0.25) is 0 Å². The van der Waals surface area contributed by atoms with Crippen LogP contribution in [0.2, 0.25) is 0 Å². The number of carbonyl (C=O) groups is 1. The van der Waals surface area contributed by atoms with Crippen molar-refractivity contribution in [1.29, 1.82) is 0 Å². The fraction of sp³-hybridized carbons (Fsp3) is 0.889. The molecule has 1 rings (SSSR count). The van der Waals surface area contributed by atoms with E-state index in [-0.39, 0.29) is 18.5 Å². The predicted molar refractivity (Wildman–Crippen MR) is 51.7 cm³/mol. The van der Waals surface area contributed by atoms with E-state index < -0.39 is 6.10 Å². The van der Waals surface area contributed by atoms with Crippen LogP contribution in [0.5, 0.6) is 0 Å². The molecule has 82 valence electrons. The fourth-order valence-electron chi connectivity index (χ4n) is 1.59. The van der Waals surface area contributed by atoms with Gasteiger partial charge in [-0.3, -0.25) is 4.79 Å². The highest BCUT2D eigenvalue weighted by Crippen LogP contribution is 2.13. The van der Waals surface area contributed by atoms with Crippen molar-refractivity contribution >= 4 is 5.91 Å². The molecule has 1 unspecified atom stereocenters. The van der Waals surface area contributed by atoms with Crippen LogP contribution in [-0.4, -0.2) is 54.9 Å². The van der Waals surface area contributed by atoms with Crippen molar-refractivity contribution in [2.75, 3.05) is 26.8 Å². The Kier molecular flexibility index (Phi) is 4.31. The van der Waals surface area contributed by atoms with Gasteiger partial charge in [0.1, 0.15) is 6.10 Å². The van der Waals surface area contributed by atoms with Crippen LogP contribution in [0.1, 0.15) is 12.8 Å². The number of aliphatic hydroxyl groups is 1. The number of ether oxygens (including phenoxy) is 1. The van der Waals surface area contributed by atoms with Crippen molar-refractivity contribution in [3.63, 3.8) is 0 Å². The first-order chi connectivity index (χ1) is 6.66. The summed E-state index contributed by atoms with van der Waals surface area (Å²) in [5, 5.41) is 9.28. The second-order valence-electron chi connectivity index (χ2n) is 3.54.